The van der Waals surface area contributed by atoms with Crippen molar-refractivity contribution in [2.24, 2.45) is 5.73 Å². The lowest BCUT2D eigenvalue weighted by molar-refractivity contribution is -0.120. The van der Waals surface area contributed by atoms with Crippen LogP contribution in [0.15, 0.2) is 0 Å². The van der Waals surface area contributed by atoms with Crippen LogP contribution >= 0.6 is 0 Å². The Labute approximate surface area is 93.2 Å². The summed E-state index contributed by atoms with van der Waals surface area (Å²) in [5, 5.41) is 3.11. The topological polar surface area (TPSA) is 58.4 Å². The number of nitrogens with two attached hydrogens (primary N) is 1. The lowest BCUT2D eigenvalue weighted by Gasteiger charge is -2.30. The summed E-state index contributed by atoms with van der Waals surface area (Å²) in [5.74, 6) is -0.265. The van der Waals surface area contributed by atoms with Crippen molar-refractivity contribution in [1.82, 2.24) is 10.2 Å². The Bertz CT molecular complexity index is 185. The summed E-state index contributed by atoms with van der Waals surface area (Å²) in [5.41, 5.74) is 5.34. The molecule has 0 rings (SSSR count). The van der Waals surface area contributed by atoms with E-state index in [9.17, 15) is 4.79 Å². The second kappa shape index (κ2) is 7.65. The Balaban J connectivity index is 4.27. The molecule has 0 aromatic rings. The molecule has 2 atom stereocenters. The van der Waals surface area contributed by atoms with Crippen molar-refractivity contribution in [1.29, 1.82) is 0 Å². The van der Waals surface area contributed by atoms with Crippen LogP contribution < -0.4 is 11.1 Å². The highest BCUT2D eigenvalue weighted by Gasteiger charge is 2.19. The van der Waals surface area contributed by atoms with Gasteiger partial charge in [0, 0.05) is 12.6 Å². The van der Waals surface area contributed by atoms with Gasteiger partial charge in [0.2, 0.25) is 5.91 Å². The third-order valence-corrected chi connectivity index (χ3v) is 2.83. The minimum absolute atomic E-state index is 0.232. The van der Waals surface area contributed by atoms with E-state index >= 15 is 0 Å². The third kappa shape index (κ3) is 5.14. The number of amides is 1. The first-order valence-electron chi connectivity index (χ1n) is 5.83. The molecule has 0 bridgehead atoms. The van der Waals surface area contributed by atoms with Crippen LogP contribution in [-0.2, 0) is 4.79 Å². The van der Waals surface area contributed by atoms with E-state index in [0.717, 1.165) is 19.5 Å². The molecule has 4 nitrogen and oxygen atoms in total. The summed E-state index contributed by atoms with van der Waals surface area (Å²) in [6, 6.07) is 0.263. The average Bonchev–Trinajstić information content (AvgIpc) is 2.22. The fraction of sp³-hybridized carbons (Fsp3) is 0.909. The largest absolute Gasteiger partial charge is 0.368 e. The van der Waals surface area contributed by atoms with E-state index in [1.165, 1.54) is 0 Å². The molecule has 0 saturated carbocycles. The second-order valence-corrected chi connectivity index (χ2v) is 3.86. The Kier molecular flexibility index (Phi) is 7.34. The van der Waals surface area contributed by atoms with Crippen LogP contribution in [0.1, 0.15) is 34.1 Å². The number of nitrogens with one attached hydrogen (secondary N) is 1. The van der Waals surface area contributed by atoms with Crippen molar-refractivity contribution < 1.29 is 4.79 Å². The van der Waals surface area contributed by atoms with E-state index in [2.05, 4.69) is 31.0 Å². The minimum atomic E-state index is -0.265. The van der Waals surface area contributed by atoms with E-state index in [1.54, 1.807) is 0 Å². The molecule has 0 aromatic heterocycles. The first kappa shape index (κ1) is 14.4. The van der Waals surface area contributed by atoms with Crippen molar-refractivity contribution in [3.63, 3.8) is 0 Å². The minimum Gasteiger partial charge on any atom is -0.368 e. The van der Waals surface area contributed by atoms with Crippen molar-refractivity contribution in [2.45, 2.75) is 46.2 Å². The van der Waals surface area contributed by atoms with Crippen molar-refractivity contribution in [3.8, 4) is 0 Å². The molecule has 1 amide bonds. The number of primary amides is 1. The van der Waals surface area contributed by atoms with E-state index in [0.29, 0.717) is 12.6 Å². The van der Waals surface area contributed by atoms with Crippen LogP contribution in [0.25, 0.3) is 0 Å². The Morgan fingerprint density at radius 3 is 2.33 bits per heavy atom. The first-order valence-corrected chi connectivity index (χ1v) is 5.83. The summed E-state index contributed by atoms with van der Waals surface area (Å²) >= 11 is 0. The quantitative estimate of drug-likeness (QED) is 0.622. The Morgan fingerprint density at radius 2 is 2.00 bits per heavy atom. The highest BCUT2D eigenvalue weighted by molar-refractivity contribution is 5.80. The monoisotopic (exact) mass is 215 g/mol. The number of carbonyl (C=O) groups excluding carboxylic acids is 1. The van der Waals surface area contributed by atoms with E-state index in [4.69, 9.17) is 5.73 Å². The lowest BCUT2D eigenvalue weighted by Crippen LogP contribution is -2.50. The summed E-state index contributed by atoms with van der Waals surface area (Å²) in [4.78, 5) is 13.5. The van der Waals surface area contributed by atoms with Crippen molar-refractivity contribution >= 4 is 5.91 Å². The molecule has 0 aromatic carbocycles. The molecule has 3 N–H and O–H groups in total. The molecule has 0 spiro atoms. The maximum Gasteiger partial charge on any atom is 0.235 e. The molecule has 4 heteroatoms. The first-order chi connectivity index (χ1) is 7.06. The third-order valence-electron chi connectivity index (χ3n) is 2.83. The SMILES string of the molecule is CCNC(CN(CC)C(C)CC)C(N)=O. The Morgan fingerprint density at radius 1 is 1.40 bits per heavy atom. The molecule has 0 aliphatic heterocycles. The standard InChI is InChI=1S/C11H25N3O/c1-5-9(4)14(7-3)8-10(11(12)15)13-6-2/h9-10,13H,5-8H2,1-4H3,(H2,12,15). The molecule has 0 aliphatic carbocycles. The van der Waals surface area contributed by atoms with Crippen LogP contribution in [-0.4, -0.2) is 42.5 Å². The van der Waals surface area contributed by atoms with Crippen molar-refractivity contribution in [3.05, 3.63) is 0 Å². The zero-order valence-electron chi connectivity index (χ0n) is 10.4. The summed E-state index contributed by atoms with van der Waals surface area (Å²) in [6.45, 7) is 10.8. The van der Waals surface area contributed by atoms with E-state index in [1.807, 2.05) is 6.92 Å². The molecule has 0 heterocycles. The maximum absolute atomic E-state index is 11.2. The number of likely N-dealkylation sites (N-methyl/N-ethyl adjacent to an activating group) is 2. The van der Waals surface area contributed by atoms with Gasteiger partial charge < -0.3 is 11.1 Å². The van der Waals surface area contributed by atoms with Gasteiger partial charge in [-0.1, -0.05) is 20.8 Å². The second-order valence-electron chi connectivity index (χ2n) is 3.86. The van der Waals surface area contributed by atoms with Gasteiger partial charge in [0.15, 0.2) is 0 Å². The molecular formula is C11H25N3O. The summed E-state index contributed by atoms with van der Waals surface area (Å²) in [7, 11) is 0. The highest BCUT2D eigenvalue weighted by Crippen LogP contribution is 2.03. The number of rotatable bonds is 8. The van der Waals surface area contributed by atoms with Crippen LogP contribution in [0.5, 0.6) is 0 Å². The molecule has 15 heavy (non-hydrogen) atoms. The number of hydrogen-bond acceptors (Lipinski definition) is 3. The van der Waals surface area contributed by atoms with Gasteiger partial charge in [0.1, 0.15) is 0 Å². The van der Waals surface area contributed by atoms with Gasteiger partial charge in [-0.15, -0.1) is 0 Å². The van der Waals surface area contributed by atoms with Crippen LogP contribution in [0.4, 0.5) is 0 Å². The molecule has 0 aliphatic rings. The smallest absolute Gasteiger partial charge is 0.235 e. The highest BCUT2D eigenvalue weighted by atomic mass is 16.1. The fourth-order valence-corrected chi connectivity index (χ4v) is 1.61. The zero-order valence-corrected chi connectivity index (χ0v) is 10.4. The van der Waals surface area contributed by atoms with Crippen LogP contribution in [0, 0.1) is 0 Å². The summed E-state index contributed by atoms with van der Waals surface area (Å²) < 4.78 is 0. The number of nitrogens with zero attached hydrogens (tertiary/aromatic N) is 1. The molecule has 2 unspecified atom stereocenters. The van der Waals surface area contributed by atoms with Gasteiger partial charge in [0.05, 0.1) is 6.04 Å². The van der Waals surface area contributed by atoms with Gasteiger partial charge in [-0.2, -0.15) is 0 Å². The zero-order chi connectivity index (χ0) is 11.8. The number of hydrogen-bond donors (Lipinski definition) is 2. The van der Waals surface area contributed by atoms with Crippen molar-refractivity contribution in [2.75, 3.05) is 19.6 Å². The molecular weight excluding hydrogens is 190 g/mol. The lowest BCUT2D eigenvalue weighted by atomic mass is 10.1. The normalized spacial score (nSPS) is 15.3. The molecule has 0 radical (unpaired) electrons. The summed E-state index contributed by atoms with van der Waals surface area (Å²) in [6.07, 6.45) is 1.09. The Hall–Kier alpha value is -0.610. The van der Waals surface area contributed by atoms with Crippen LogP contribution in [0.2, 0.25) is 0 Å². The van der Waals surface area contributed by atoms with Crippen LogP contribution in [0.3, 0.4) is 0 Å². The predicted octanol–water partition coefficient (Wildman–Crippen LogP) is 0.570. The van der Waals surface area contributed by atoms with Gasteiger partial charge in [0.25, 0.3) is 0 Å². The van der Waals surface area contributed by atoms with Gasteiger partial charge >= 0.3 is 0 Å². The van der Waals surface area contributed by atoms with Gasteiger partial charge in [-0.05, 0) is 26.4 Å². The predicted molar refractivity (Wildman–Crippen MR) is 63.7 cm³/mol. The van der Waals surface area contributed by atoms with Gasteiger partial charge in [-0.25, -0.2) is 0 Å². The van der Waals surface area contributed by atoms with E-state index in [-0.39, 0.29) is 11.9 Å². The van der Waals surface area contributed by atoms with E-state index < -0.39 is 0 Å². The number of carbonyl (C=O) groups is 1. The molecule has 0 fully saturated rings. The van der Waals surface area contributed by atoms with Gasteiger partial charge in [-0.3, -0.25) is 9.69 Å². The average molecular weight is 215 g/mol. The maximum atomic E-state index is 11.2. The molecule has 0 saturated heterocycles. The fourth-order valence-electron chi connectivity index (χ4n) is 1.61. The molecule has 90 valence electrons.